The van der Waals surface area contributed by atoms with E-state index in [0.29, 0.717) is 12.8 Å². The third-order valence-corrected chi connectivity index (χ3v) is 9.82. The predicted octanol–water partition coefficient (Wildman–Crippen LogP) is 1.79. The second-order valence-electron chi connectivity index (χ2n) is 10.3. The third-order valence-electron chi connectivity index (χ3n) is 9.82. The van der Waals surface area contributed by atoms with Gasteiger partial charge in [-0.05, 0) is 49.5 Å². The molecule has 6 heteroatoms. The zero-order valence-corrected chi connectivity index (χ0v) is 17.5. The van der Waals surface area contributed by atoms with Crippen molar-refractivity contribution >= 4 is 11.8 Å². The maximum Gasteiger partial charge on any atom is 0.315 e. The van der Waals surface area contributed by atoms with Gasteiger partial charge in [0.15, 0.2) is 0 Å². The molecule has 6 nitrogen and oxygen atoms in total. The first-order valence-electron chi connectivity index (χ1n) is 10.9. The van der Waals surface area contributed by atoms with Crippen molar-refractivity contribution in [2.75, 3.05) is 27.3 Å². The highest BCUT2D eigenvalue weighted by molar-refractivity contribution is 5.89. The molecule has 4 unspecified atom stereocenters. The number of nitrogens with zero attached hydrogens (tertiary/aromatic N) is 1. The monoisotopic (exact) mass is 391 g/mol. The zero-order chi connectivity index (χ0) is 20.1. The summed E-state index contributed by atoms with van der Waals surface area (Å²) in [6.07, 6.45) is 3.51. The highest BCUT2D eigenvalue weighted by Crippen LogP contribution is 2.82. The topological polar surface area (TPSA) is 76.1 Å². The molecule has 5 bridgehead atoms. The van der Waals surface area contributed by atoms with E-state index < -0.39 is 16.4 Å². The van der Waals surface area contributed by atoms with Crippen molar-refractivity contribution in [2.45, 2.75) is 70.1 Å². The molecule has 8 atom stereocenters. The first kappa shape index (κ1) is 19.0. The standard InChI is InChI=1S/C22H33NO5/c1-5-23-12-19(2)8-7-16(27-3)22-15(19)10-14(17(22)23)20(18(25)28-4)9-6-13(24)11-21(20,22)26/h14-17,26H,5-12H2,1-4H3/t14-,15+,16?,17?,19-,20+,21?,22?/m0/s1. The van der Waals surface area contributed by atoms with Gasteiger partial charge in [0, 0.05) is 38.0 Å². The third kappa shape index (κ3) is 1.67. The first-order chi connectivity index (χ1) is 13.3. The summed E-state index contributed by atoms with van der Waals surface area (Å²) in [6, 6.07) is 0.0656. The Morgan fingerprint density at radius 1 is 1.32 bits per heavy atom. The number of piperidine rings is 1. The summed E-state index contributed by atoms with van der Waals surface area (Å²) in [7, 11) is 3.15. The number of ether oxygens (including phenoxy) is 2. The molecule has 4 saturated carbocycles. The van der Waals surface area contributed by atoms with Crippen molar-refractivity contribution in [2.24, 2.45) is 28.1 Å². The molecule has 0 aromatic rings. The van der Waals surface area contributed by atoms with Crippen LogP contribution in [0.1, 0.15) is 52.4 Å². The van der Waals surface area contributed by atoms with E-state index in [4.69, 9.17) is 9.47 Å². The Morgan fingerprint density at radius 2 is 2.07 bits per heavy atom. The zero-order valence-electron chi connectivity index (χ0n) is 17.5. The molecule has 1 spiro atoms. The first-order valence-corrected chi connectivity index (χ1v) is 10.9. The van der Waals surface area contributed by atoms with Gasteiger partial charge in [0.1, 0.15) is 11.2 Å². The van der Waals surface area contributed by atoms with Crippen LogP contribution in [0.2, 0.25) is 0 Å². The number of carbonyl (C=O) groups is 2. The Labute approximate surface area is 166 Å². The van der Waals surface area contributed by atoms with E-state index >= 15 is 0 Å². The lowest BCUT2D eigenvalue weighted by Gasteiger charge is -2.68. The van der Waals surface area contributed by atoms with Crippen LogP contribution >= 0.6 is 0 Å². The maximum absolute atomic E-state index is 13.3. The average molecular weight is 392 g/mol. The summed E-state index contributed by atoms with van der Waals surface area (Å²) in [4.78, 5) is 28.5. The number of Topliss-reactive ketones (excluding diaryl/α,β-unsaturated/α-hetero) is 1. The van der Waals surface area contributed by atoms with E-state index in [1.807, 2.05) is 0 Å². The molecule has 1 heterocycles. The fraction of sp³-hybridized carbons (Fsp3) is 0.909. The number of esters is 1. The number of fused-ring (bicyclic) bond motifs is 2. The van der Waals surface area contributed by atoms with Gasteiger partial charge in [0.05, 0.1) is 18.8 Å². The van der Waals surface area contributed by atoms with E-state index in [1.54, 1.807) is 7.11 Å². The molecule has 5 fully saturated rings. The molecule has 5 aliphatic rings. The number of rotatable bonds is 3. The van der Waals surface area contributed by atoms with E-state index in [9.17, 15) is 14.7 Å². The van der Waals surface area contributed by atoms with Gasteiger partial charge >= 0.3 is 5.97 Å². The van der Waals surface area contributed by atoms with Crippen LogP contribution in [0.25, 0.3) is 0 Å². The molecule has 0 aromatic carbocycles. The molecular formula is C22H33NO5. The molecule has 1 N–H and O–H groups in total. The van der Waals surface area contributed by atoms with Crippen LogP contribution in [0.4, 0.5) is 0 Å². The summed E-state index contributed by atoms with van der Waals surface area (Å²) in [5.41, 5.74) is -2.90. The highest BCUT2D eigenvalue weighted by atomic mass is 16.5. The number of hydrogen-bond donors (Lipinski definition) is 1. The smallest absolute Gasteiger partial charge is 0.315 e. The minimum Gasteiger partial charge on any atom is -0.468 e. The van der Waals surface area contributed by atoms with E-state index in [1.165, 1.54) is 7.11 Å². The van der Waals surface area contributed by atoms with Crippen molar-refractivity contribution < 1.29 is 24.2 Å². The van der Waals surface area contributed by atoms with E-state index in [2.05, 4.69) is 18.7 Å². The average Bonchev–Trinajstić information content (AvgIpc) is 3.07. The van der Waals surface area contributed by atoms with Crippen LogP contribution in [-0.4, -0.2) is 66.8 Å². The van der Waals surface area contributed by atoms with Gasteiger partial charge in [-0.3, -0.25) is 14.5 Å². The van der Waals surface area contributed by atoms with Gasteiger partial charge in [-0.25, -0.2) is 0 Å². The van der Waals surface area contributed by atoms with Crippen molar-refractivity contribution in [1.82, 2.24) is 4.90 Å². The molecule has 156 valence electrons. The van der Waals surface area contributed by atoms with Gasteiger partial charge in [-0.2, -0.15) is 0 Å². The van der Waals surface area contributed by atoms with Gasteiger partial charge in [0.2, 0.25) is 0 Å². The van der Waals surface area contributed by atoms with Crippen LogP contribution in [0, 0.1) is 28.1 Å². The quantitative estimate of drug-likeness (QED) is 0.739. The van der Waals surface area contributed by atoms with Crippen LogP contribution in [0.15, 0.2) is 0 Å². The lowest BCUT2D eigenvalue weighted by molar-refractivity contribution is -0.282. The van der Waals surface area contributed by atoms with Crippen molar-refractivity contribution in [3.05, 3.63) is 0 Å². The molecule has 5 rings (SSSR count). The SMILES string of the molecule is CCN1C[C@]2(C)CCC(OC)C34C1[C@H](C[C@@H]32)[C@@]1(C(=O)OC)CCC(=O)CC41O. The van der Waals surface area contributed by atoms with Crippen LogP contribution in [0.3, 0.4) is 0 Å². The fourth-order valence-corrected chi connectivity index (χ4v) is 9.18. The lowest BCUT2D eigenvalue weighted by atomic mass is 9.41. The van der Waals surface area contributed by atoms with Crippen LogP contribution in [-0.2, 0) is 19.1 Å². The Morgan fingerprint density at radius 3 is 2.71 bits per heavy atom. The van der Waals surface area contributed by atoms with Crippen molar-refractivity contribution in [1.29, 1.82) is 0 Å². The Kier molecular flexibility index (Phi) is 3.79. The summed E-state index contributed by atoms with van der Waals surface area (Å²) < 4.78 is 11.4. The number of methoxy groups -OCH3 is 2. The lowest BCUT2D eigenvalue weighted by Crippen LogP contribution is -2.76. The summed E-state index contributed by atoms with van der Waals surface area (Å²) in [5, 5.41) is 12.5. The molecule has 0 amide bonds. The molecule has 28 heavy (non-hydrogen) atoms. The van der Waals surface area contributed by atoms with Crippen molar-refractivity contribution in [3.8, 4) is 0 Å². The Bertz CT molecular complexity index is 740. The van der Waals surface area contributed by atoms with Crippen LogP contribution < -0.4 is 0 Å². The van der Waals surface area contributed by atoms with Crippen molar-refractivity contribution in [3.63, 3.8) is 0 Å². The number of likely N-dealkylation sites (tertiary alicyclic amines) is 1. The van der Waals surface area contributed by atoms with Gasteiger partial charge < -0.3 is 14.6 Å². The Hall–Kier alpha value is -0.980. The highest BCUT2D eigenvalue weighted by Gasteiger charge is 2.90. The summed E-state index contributed by atoms with van der Waals surface area (Å²) >= 11 is 0. The van der Waals surface area contributed by atoms with Gasteiger partial charge in [-0.1, -0.05) is 13.8 Å². The largest absolute Gasteiger partial charge is 0.468 e. The molecule has 4 aliphatic carbocycles. The van der Waals surface area contributed by atoms with Gasteiger partial charge in [0.25, 0.3) is 0 Å². The summed E-state index contributed by atoms with van der Waals surface area (Å²) in [6.45, 7) is 6.38. The predicted molar refractivity (Wildman–Crippen MR) is 101 cm³/mol. The number of hydrogen-bond acceptors (Lipinski definition) is 6. The molecule has 1 saturated heterocycles. The normalized spacial score (nSPS) is 54.5. The van der Waals surface area contributed by atoms with E-state index in [0.717, 1.165) is 32.4 Å². The summed E-state index contributed by atoms with van der Waals surface area (Å²) in [5.74, 6) is 0.0193. The number of aliphatic hydroxyl groups is 1. The number of ketones is 1. The van der Waals surface area contributed by atoms with Gasteiger partial charge in [-0.15, -0.1) is 0 Å². The number of carbonyl (C=O) groups excluding carboxylic acids is 2. The minimum absolute atomic E-state index is 0.0144. The molecule has 1 aliphatic heterocycles. The second kappa shape index (κ2) is 5.58. The minimum atomic E-state index is -1.39. The molecule has 0 aromatic heterocycles. The Balaban J connectivity index is 1.82. The maximum atomic E-state index is 13.3. The molecular weight excluding hydrogens is 358 g/mol. The fourth-order valence-electron chi connectivity index (χ4n) is 9.18. The van der Waals surface area contributed by atoms with E-state index in [-0.39, 0.29) is 47.6 Å². The van der Waals surface area contributed by atoms with Crippen LogP contribution in [0.5, 0.6) is 0 Å². The molecule has 0 radical (unpaired) electrons. The second-order valence-corrected chi connectivity index (χ2v) is 10.3.